The number of carbonyl (C=O) groups excluding carboxylic acids is 3. The highest BCUT2D eigenvalue weighted by atomic mass is 79.9. The lowest BCUT2D eigenvalue weighted by atomic mass is 10.00. The maximum atomic E-state index is 14.2. The van der Waals surface area contributed by atoms with Crippen LogP contribution in [0.3, 0.4) is 0 Å². The Balaban J connectivity index is 1.32. The minimum absolute atomic E-state index is 0.187. The molecule has 1 aliphatic carbocycles. The second-order valence-electron chi connectivity index (χ2n) is 12.0. The van der Waals surface area contributed by atoms with Crippen molar-refractivity contribution in [2.75, 3.05) is 25.6 Å². The molecule has 244 valence electrons. The molecule has 0 spiro atoms. The maximum absolute atomic E-state index is 14.2. The van der Waals surface area contributed by atoms with E-state index < -0.39 is 6.04 Å². The highest BCUT2D eigenvalue weighted by Crippen LogP contribution is 2.60. The molecule has 2 amide bonds. The first kappa shape index (κ1) is 32.5. The number of halogens is 1. The summed E-state index contributed by atoms with van der Waals surface area (Å²) in [6, 6.07) is 4.41. The van der Waals surface area contributed by atoms with Crippen LogP contribution in [0.4, 0.5) is 5.82 Å². The third-order valence-corrected chi connectivity index (χ3v) is 9.16. The number of nitrogens with zero attached hydrogens (tertiary/aromatic N) is 7. The SMILES string of the molecule is C=CCOC[C@@]12C[C@@H](C(=O)Nc3nc(Br)ccc3COC)N(C(=O)Cn3nc(C(C)=O)c4cc(-c5cnc(C)nc5)nc(C)c43)[C@@H]1C2. The standard InChI is InChI=1S/C33H35BrN8O5/c1-6-9-47-17-33-11-25(32(45)39-31-21(16-46-5)7-8-27(34)38-31)42(26(33)12-33)28(44)15-41-30-18(2)37-24(22-13-35-20(4)36-14-22)10-23(30)29(40-41)19(3)43/h6-8,10,13-14,25-26H,1,9,11-12,15-17H2,2-5H3,(H,38,39,45)/t25-,26+,33-/m0/s1. The molecule has 0 radical (unpaired) electrons. The van der Waals surface area contributed by atoms with Crippen molar-refractivity contribution in [3.8, 4) is 11.3 Å². The molecular formula is C33H35BrN8O5. The van der Waals surface area contributed by atoms with Crippen LogP contribution < -0.4 is 5.32 Å². The van der Waals surface area contributed by atoms with E-state index in [-0.39, 0.29) is 47.9 Å². The monoisotopic (exact) mass is 702 g/mol. The van der Waals surface area contributed by atoms with Gasteiger partial charge < -0.3 is 19.7 Å². The number of ether oxygens (including phenoxy) is 2. The highest BCUT2D eigenvalue weighted by Gasteiger charge is 2.67. The van der Waals surface area contributed by atoms with Crippen LogP contribution in [-0.2, 0) is 32.2 Å². The summed E-state index contributed by atoms with van der Waals surface area (Å²) >= 11 is 3.37. The number of likely N-dealkylation sites (tertiary alicyclic amines) is 1. The number of nitrogens with one attached hydrogen (secondary N) is 1. The van der Waals surface area contributed by atoms with Crippen molar-refractivity contribution in [2.24, 2.45) is 5.41 Å². The van der Waals surface area contributed by atoms with Crippen LogP contribution in [0, 0.1) is 19.3 Å². The van der Waals surface area contributed by atoms with Gasteiger partial charge in [-0.05, 0) is 54.8 Å². The van der Waals surface area contributed by atoms with Gasteiger partial charge in [0.15, 0.2) is 5.78 Å². The highest BCUT2D eigenvalue weighted by molar-refractivity contribution is 9.10. The number of amides is 2. The number of pyridine rings is 2. The minimum Gasteiger partial charge on any atom is -0.380 e. The van der Waals surface area contributed by atoms with Gasteiger partial charge in [0, 0.05) is 54.4 Å². The summed E-state index contributed by atoms with van der Waals surface area (Å²) in [5, 5.41) is 8.10. The van der Waals surface area contributed by atoms with E-state index in [1.165, 1.54) is 11.6 Å². The second kappa shape index (κ2) is 13.0. The zero-order chi connectivity index (χ0) is 33.5. The molecule has 4 aromatic heterocycles. The number of piperidine rings is 1. The molecule has 2 aliphatic rings. The zero-order valence-electron chi connectivity index (χ0n) is 26.6. The fourth-order valence-corrected chi connectivity index (χ4v) is 6.77. The Labute approximate surface area is 279 Å². The lowest BCUT2D eigenvalue weighted by Gasteiger charge is -2.27. The first-order chi connectivity index (χ1) is 22.5. The number of rotatable bonds is 12. The summed E-state index contributed by atoms with van der Waals surface area (Å²) in [7, 11) is 1.57. The van der Waals surface area contributed by atoms with E-state index in [4.69, 9.17) is 14.5 Å². The zero-order valence-corrected chi connectivity index (χ0v) is 28.2. The van der Waals surface area contributed by atoms with Gasteiger partial charge in [0.05, 0.1) is 36.7 Å². The number of aromatic nitrogens is 6. The maximum Gasteiger partial charge on any atom is 0.248 e. The lowest BCUT2D eigenvalue weighted by Crippen LogP contribution is -2.47. The molecule has 47 heavy (non-hydrogen) atoms. The van der Waals surface area contributed by atoms with Gasteiger partial charge in [0.2, 0.25) is 11.8 Å². The Kier molecular flexibility index (Phi) is 9.01. The molecule has 13 nitrogen and oxygen atoms in total. The van der Waals surface area contributed by atoms with Crippen LogP contribution >= 0.6 is 15.9 Å². The minimum atomic E-state index is -0.772. The van der Waals surface area contributed by atoms with Crippen molar-refractivity contribution in [2.45, 2.75) is 58.8 Å². The number of ketones is 1. The summed E-state index contributed by atoms with van der Waals surface area (Å²) in [6.45, 7) is 9.61. The smallest absolute Gasteiger partial charge is 0.248 e. The average Bonchev–Trinajstić information content (AvgIpc) is 3.43. The summed E-state index contributed by atoms with van der Waals surface area (Å²) in [5.41, 5.74) is 3.03. The van der Waals surface area contributed by atoms with Gasteiger partial charge >= 0.3 is 0 Å². The lowest BCUT2D eigenvalue weighted by molar-refractivity contribution is -0.138. The topological polar surface area (TPSA) is 154 Å². The fourth-order valence-electron chi connectivity index (χ4n) is 6.46. The van der Waals surface area contributed by atoms with Crippen LogP contribution in [0.2, 0.25) is 0 Å². The van der Waals surface area contributed by atoms with Gasteiger partial charge in [-0.25, -0.2) is 15.0 Å². The van der Waals surface area contributed by atoms with Gasteiger partial charge in [0.25, 0.3) is 0 Å². The Morgan fingerprint density at radius 1 is 1.17 bits per heavy atom. The molecule has 3 atom stereocenters. The quantitative estimate of drug-likeness (QED) is 0.0983. The van der Waals surface area contributed by atoms with E-state index in [1.807, 2.05) is 13.0 Å². The van der Waals surface area contributed by atoms with Crippen LogP contribution in [0.25, 0.3) is 22.2 Å². The van der Waals surface area contributed by atoms with Crippen molar-refractivity contribution in [1.82, 2.24) is 34.6 Å². The van der Waals surface area contributed by atoms with E-state index in [9.17, 15) is 14.4 Å². The van der Waals surface area contributed by atoms with E-state index in [0.29, 0.717) is 75.7 Å². The van der Waals surface area contributed by atoms with Crippen molar-refractivity contribution >= 4 is 50.2 Å². The molecule has 5 heterocycles. The predicted octanol–water partition coefficient (Wildman–Crippen LogP) is 4.21. The van der Waals surface area contributed by atoms with Gasteiger partial charge in [-0.2, -0.15) is 5.10 Å². The van der Waals surface area contributed by atoms with Crippen LogP contribution in [-0.4, -0.2) is 84.6 Å². The molecule has 1 saturated carbocycles. The van der Waals surface area contributed by atoms with Crippen molar-refractivity contribution in [1.29, 1.82) is 0 Å². The molecule has 14 heteroatoms. The molecule has 2 fully saturated rings. The first-order valence-electron chi connectivity index (χ1n) is 15.2. The van der Waals surface area contributed by atoms with Crippen LogP contribution in [0.5, 0.6) is 0 Å². The van der Waals surface area contributed by atoms with Crippen molar-refractivity contribution in [3.63, 3.8) is 0 Å². The van der Waals surface area contributed by atoms with E-state index in [0.717, 1.165) is 0 Å². The molecule has 4 aromatic rings. The number of Topliss-reactive ketones (excluding diaryl/α,β-unsaturated/α-hetero) is 1. The van der Waals surface area contributed by atoms with E-state index >= 15 is 0 Å². The molecule has 1 N–H and O–H groups in total. The third kappa shape index (κ3) is 6.32. The van der Waals surface area contributed by atoms with Gasteiger partial charge in [-0.15, -0.1) is 6.58 Å². The Morgan fingerprint density at radius 2 is 1.94 bits per heavy atom. The molecule has 1 saturated heterocycles. The van der Waals surface area contributed by atoms with Gasteiger partial charge in [0.1, 0.15) is 34.5 Å². The summed E-state index contributed by atoms with van der Waals surface area (Å²) in [4.78, 5) is 60.3. The predicted molar refractivity (Wildman–Crippen MR) is 176 cm³/mol. The Morgan fingerprint density at radius 3 is 2.64 bits per heavy atom. The molecule has 0 aromatic carbocycles. The van der Waals surface area contributed by atoms with Crippen molar-refractivity contribution in [3.05, 3.63) is 70.6 Å². The number of fused-ring (bicyclic) bond motifs is 2. The number of methoxy groups -OCH3 is 1. The van der Waals surface area contributed by atoms with Gasteiger partial charge in [-0.3, -0.25) is 24.0 Å². The summed E-state index contributed by atoms with van der Waals surface area (Å²) in [5.74, 6) is 0.0928. The van der Waals surface area contributed by atoms with Crippen LogP contribution in [0.15, 0.2) is 47.9 Å². The van der Waals surface area contributed by atoms with Crippen molar-refractivity contribution < 1.29 is 23.9 Å². The van der Waals surface area contributed by atoms with E-state index in [1.54, 1.807) is 49.5 Å². The second-order valence-corrected chi connectivity index (χ2v) is 12.9. The number of hydrogen-bond acceptors (Lipinski definition) is 10. The fraction of sp³-hybridized carbons (Fsp3) is 0.394. The summed E-state index contributed by atoms with van der Waals surface area (Å²) in [6.07, 6.45) is 6.18. The average molecular weight is 704 g/mol. The molecule has 0 unspecified atom stereocenters. The molecule has 0 bridgehead atoms. The summed E-state index contributed by atoms with van der Waals surface area (Å²) < 4.78 is 13.2. The Bertz CT molecular complexity index is 1890. The molecular weight excluding hydrogens is 668 g/mol. The molecule has 6 rings (SSSR count). The number of aryl methyl sites for hydroxylation is 2. The normalized spacial score (nSPS) is 19.9. The largest absolute Gasteiger partial charge is 0.380 e. The number of hydrogen-bond donors (Lipinski definition) is 1. The third-order valence-electron chi connectivity index (χ3n) is 8.72. The van der Waals surface area contributed by atoms with E-state index in [2.05, 4.69) is 47.9 Å². The van der Waals surface area contributed by atoms with Gasteiger partial charge in [-0.1, -0.05) is 12.1 Å². The number of carbonyl (C=O) groups is 3. The first-order valence-corrected chi connectivity index (χ1v) is 16.0. The number of anilines is 1. The Hall–Kier alpha value is -4.40. The molecule has 1 aliphatic heterocycles. The van der Waals surface area contributed by atoms with Crippen LogP contribution in [0.1, 0.15) is 47.3 Å².